The van der Waals surface area contributed by atoms with E-state index in [2.05, 4.69) is 211 Å². The van der Waals surface area contributed by atoms with Crippen molar-refractivity contribution in [2.24, 2.45) is 0 Å². The second-order valence-electron chi connectivity index (χ2n) is 14.8. The van der Waals surface area contributed by atoms with Crippen LogP contribution in [0.2, 0.25) is 0 Å². The average molecular weight is 716 g/mol. The number of benzene rings is 9. The monoisotopic (exact) mass is 715 g/mol. The van der Waals surface area contributed by atoms with Crippen LogP contribution >= 0.6 is 0 Å². The predicted molar refractivity (Wildman–Crippen MR) is 236 cm³/mol. The highest BCUT2D eigenvalue weighted by atomic mass is 16.3. The molecule has 1 heterocycles. The minimum atomic E-state index is 0.100. The van der Waals surface area contributed by atoms with Gasteiger partial charge in [0.05, 0.1) is 5.69 Å². The summed E-state index contributed by atoms with van der Waals surface area (Å²) in [4.78, 5) is 2.47. The normalized spacial score (nSPS) is 13.8. The lowest BCUT2D eigenvalue weighted by Gasteiger charge is -2.32. The minimum Gasteiger partial charge on any atom is -0.456 e. The fourth-order valence-electron chi connectivity index (χ4n) is 9.02. The van der Waals surface area contributed by atoms with Crippen LogP contribution < -0.4 is 4.90 Å². The quantitative estimate of drug-likeness (QED) is 0.159. The highest BCUT2D eigenvalue weighted by Gasteiger charge is 2.30. The largest absolute Gasteiger partial charge is 0.456 e. The molecule has 0 amide bonds. The minimum absolute atomic E-state index is 0.100. The Morgan fingerprint density at radius 2 is 1.07 bits per heavy atom. The van der Waals surface area contributed by atoms with Gasteiger partial charge in [-0.25, -0.2) is 0 Å². The summed E-state index contributed by atoms with van der Waals surface area (Å²) < 4.78 is 6.61. The van der Waals surface area contributed by atoms with Crippen LogP contribution in [0.3, 0.4) is 0 Å². The summed E-state index contributed by atoms with van der Waals surface area (Å²) in [6, 6.07) is 70.6. The second kappa shape index (κ2) is 13.3. The third-order valence-electron chi connectivity index (χ3n) is 11.6. The smallest absolute Gasteiger partial charge is 0.135 e. The Kier molecular flexibility index (Phi) is 7.67. The lowest BCUT2D eigenvalue weighted by atomic mass is 9.82. The molecule has 1 aliphatic carbocycles. The van der Waals surface area contributed by atoms with Crippen LogP contribution in [0.4, 0.5) is 17.1 Å². The summed E-state index contributed by atoms with van der Waals surface area (Å²) in [6.45, 7) is 0. The molecule has 2 nitrogen and oxygen atoms in total. The maximum Gasteiger partial charge on any atom is 0.135 e. The molecule has 1 atom stereocenters. The summed E-state index contributed by atoms with van der Waals surface area (Å²) in [5.74, 6) is 1.05. The van der Waals surface area contributed by atoms with E-state index in [1.807, 2.05) is 0 Å². The number of nitrogens with zero attached hydrogens (tertiary/aromatic N) is 1. The van der Waals surface area contributed by atoms with Gasteiger partial charge < -0.3 is 9.32 Å². The van der Waals surface area contributed by atoms with Gasteiger partial charge >= 0.3 is 0 Å². The molecule has 1 unspecified atom stereocenters. The van der Waals surface area contributed by atoms with Crippen molar-refractivity contribution in [3.8, 4) is 22.3 Å². The van der Waals surface area contributed by atoms with E-state index in [0.717, 1.165) is 34.8 Å². The third kappa shape index (κ3) is 5.33. The Balaban J connectivity index is 1.11. The molecule has 9 aromatic carbocycles. The van der Waals surface area contributed by atoms with Crippen molar-refractivity contribution in [1.82, 2.24) is 0 Å². The van der Waals surface area contributed by atoms with Crippen LogP contribution in [0.25, 0.3) is 71.6 Å². The molecule has 0 saturated carbocycles. The van der Waals surface area contributed by atoms with Crippen molar-refractivity contribution in [3.63, 3.8) is 0 Å². The Morgan fingerprint density at radius 1 is 0.446 bits per heavy atom. The molecule has 11 rings (SSSR count). The number of hydrogen-bond donors (Lipinski definition) is 0. The van der Waals surface area contributed by atoms with Gasteiger partial charge in [-0.3, -0.25) is 0 Å². The molecule has 0 saturated heterocycles. The first kappa shape index (κ1) is 32.3. The molecule has 0 fully saturated rings. The zero-order valence-electron chi connectivity index (χ0n) is 30.8. The highest BCUT2D eigenvalue weighted by Crippen LogP contribution is 2.49. The maximum atomic E-state index is 6.61. The summed E-state index contributed by atoms with van der Waals surface area (Å²) in [7, 11) is 0. The van der Waals surface area contributed by atoms with E-state index in [-0.39, 0.29) is 5.92 Å². The molecule has 1 aromatic heterocycles. The van der Waals surface area contributed by atoms with Crippen molar-refractivity contribution in [1.29, 1.82) is 0 Å². The molecule has 0 bridgehead atoms. The number of allylic oxidation sites excluding steroid dienone is 1. The van der Waals surface area contributed by atoms with Crippen LogP contribution in [0, 0.1) is 0 Å². The lowest BCUT2D eigenvalue weighted by molar-refractivity contribution is 0.590. The third-order valence-corrected chi connectivity index (χ3v) is 11.6. The standard InChI is InChI=1S/C54H37NO/c1-2-15-36(16-3-1)43-21-10-12-26-50(43)55(41-31-29-37(30-32-41)48-34-40-19-6-7-20-42(40)44-22-8-9-23-45(44)48)51-27-13-11-24-46(51)47-25-14-28-52-54(47)49-33-38-17-4-5-18-39(38)35-53(49)56-52/h1-24,26-35,47H,25H2. The molecule has 0 radical (unpaired) electrons. The van der Waals surface area contributed by atoms with Gasteiger partial charge in [0.2, 0.25) is 0 Å². The molecule has 264 valence electrons. The topological polar surface area (TPSA) is 16.4 Å². The molecule has 0 N–H and O–H groups in total. The first-order valence-electron chi connectivity index (χ1n) is 19.4. The van der Waals surface area contributed by atoms with Crippen molar-refractivity contribution in [2.75, 3.05) is 4.90 Å². The fourth-order valence-corrected chi connectivity index (χ4v) is 9.02. The second-order valence-corrected chi connectivity index (χ2v) is 14.8. The van der Waals surface area contributed by atoms with E-state index in [0.29, 0.717) is 0 Å². The van der Waals surface area contributed by atoms with Gasteiger partial charge in [-0.05, 0) is 110 Å². The van der Waals surface area contributed by atoms with E-state index in [1.54, 1.807) is 0 Å². The zero-order chi connectivity index (χ0) is 37.0. The average Bonchev–Trinajstić information content (AvgIpc) is 3.64. The Morgan fingerprint density at radius 3 is 1.89 bits per heavy atom. The van der Waals surface area contributed by atoms with Crippen LogP contribution in [-0.2, 0) is 0 Å². The maximum absolute atomic E-state index is 6.61. The molecule has 10 aromatic rings. The number of furan rings is 1. The molecular formula is C54H37NO. The first-order valence-corrected chi connectivity index (χ1v) is 19.4. The van der Waals surface area contributed by atoms with Crippen LogP contribution in [-0.4, -0.2) is 0 Å². The summed E-state index contributed by atoms with van der Waals surface area (Å²) in [5.41, 5.74) is 11.6. The molecule has 0 aliphatic heterocycles. The summed E-state index contributed by atoms with van der Waals surface area (Å²) >= 11 is 0. The van der Waals surface area contributed by atoms with E-state index < -0.39 is 0 Å². The van der Waals surface area contributed by atoms with Crippen molar-refractivity contribution in [2.45, 2.75) is 12.3 Å². The summed E-state index contributed by atoms with van der Waals surface area (Å²) in [5, 5.41) is 8.67. The van der Waals surface area contributed by atoms with Gasteiger partial charge in [-0.2, -0.15) is 0 Å². The van der Waals surface area contributed by atoms with Gasteiger partial charge in [0, 0.05) is 33.8 Å². The van der Waals surface area contributed by atoms with Crippen LogP contribution in [0.15, 0.2) is 205 Å². The van der Waals surface area contributed by atoms with Gasteiger partial charge in [0.15, 0.2) is 0 Å². The number of anilines is 3. The Hall–Kier alpha value is -7.16. The van der Waals surface area contributed by atoms with E-state index in [1.165, 1.54) is 71.1 Å². The SMILES string of the molecule is C1=Cc2oc3cc4ccccc4cc3c2C(c2ccccc2N(c2ccc(-c3cc4ccccc4c4ccccc34)cc2)c2ccccc2-c2ccccc2)C1. The Labute approximate surface area is 326 Å². The van der Waals surface area contributed by atoms with Gasteiger partial charge in [0.25, 0.3) is 0 Å². The lowest BCUT2D eigenvalue weighted by Crippen LogP contribution is -2.16. The fraction of sp³-hybridized carbons (Fsp3) is 0.0370. The zero-order valence-corrected chi connectivity index (χ0v) is 30.8. The molecule has 2 heteroatoms. The van der Waals surface area contributed by atoms with Crippen molar-refractivity contribution >= 4 is 66.4 Å². The molecule has 56 heavy (non-hydrogen) atoms. The first-order chi connectivity index (χ1) is 27.8. The van der Waals surface area contributed by atoms with E-state index in [4.69, 9.17) is 4.42 Å². The summed E-state index contributed by atoms with van der Waals surface area (Å²) in [6.07, 6.45) is 5.32. The number of para-hydroxylation sites is 2. The van der Waals surface area contributed by atoms with Gasteiger partial charge in [0.1, 0.15) is 11.3 Å². The van der Waals surface area contributed by atoms with Crippen molar-refractivity contribution < 1.29 is 4.42 Å². The number of rotatable bonds is 6. The number of hydrogen-bond acceptors (Lipinski definition) is 2. The molecule has 1 aliphatic rings. The predicted octanol–water partition coefficient (Wildman–Crippen LogP) is 15.2. The van der Waals surface area contributed by atoms with Crippen molar-refractivity contribution in [3.05, 3.63) is 217 Å². The Bertz CT molecular complexity index is 3120. The van der Waals surface area contributed by atoms with Crippen LogP contribution in [0.1, 0.15) is 29.2 Å². The molecular weight excluding hydrogens is 679 g/mol. The molecule has 0 spiro atoms. The van der Waals surface area contributed by atoms with E-state index in [9.17, 15) is 0 Å². The number of fused-ring (bicyclic) bond motifs is 7. The van der Waals surface area contributed by atoms with Crippen LogP contribution in [0.5, 0.6) is 0 Å². The van der Waals surface area contributed by atoms with E-state index >= 15 is 0 Å². The van der Waals surface area contributed by atoms with Gasteiger partial charge in [-0.15, -0.1) is 0 Å². The van der Waals surface area contributed by atoms with Gasteiger partial charge in [-0.1, -0.05) is 158 Å². The highest BCUT2D eigenvalue weighted by molar-refractivity contribution is 6.13.